The lowest BCUT2D eigenvalue weighted by atomic mass is 9.86. The Morgan fingerprint density at radius 2 is 1.75 bits per heavy atom. The summed E-state index contributed by atoms with van der Waals surface area (Å²) in [5, 5.41) is 10.7. The average Bonchev–Trinajstić information content (AvgIpc) is 2.45. The van der Waals surface area contributed by atoms with E-state index in [9.17, 15) is 4.79 Å². The molecule has 1 aliphatic rings. The molecule has 0 saturated carbocycles. The van der Waals surface area contributed by atoms with Crippen molar-refractivity contribution in [1.29, 1.82) is 5.41 Å². The van der Waals surface area contributed by atoms with Crippen LogP contribution in [-0.4, -0.2) is 28.9 Å². The fourth-order valence-corrected chi connectivity index (χ4v) is 2.63. The number of nitrogens with zero attached hydrogens (tertiary/aromatic N) is 1. The van der Waals surface area contributed by atoms with E-state index in [0.29, 0.717) is 5.84 Å². The van der Waals surface area contributed by atoms with E-state index in [1.165, 1.54) is 0 Å². The third-order valence-electron chi connectivity index (χ3n) is 3.23. The fraction of sp³-hybridized carbons (Fsp3) is 0.833. The van der Waals surface area contributed by atoms with Crippen molar-refractivity contribution in [1.82, 2.24) is 10.2 Å². The molecule has 0 radical (unpaired) electrons. The van der Waals surface area contributed by atoms with Crippen LogP contribution in [0.1, 0.15) is 52.9 Å². The largest absolute Gasteiger partial charge is 0.323 e. The molecule has 0 aromatic carbocycles. The Hall–Kier alpha value is -1.06. The Balaban J connectivity index is 2.98. The highest BCUT2D eigenvalue weighted by atomic mass is 16.2. The Morgan fingerprint density at radius 1 is 1.19 bits per heavy atom. The van der Waals surface area contributed by atoms with Crippen molar-refractivity contribution >= 4 is 11.9 Å². The molecule has 0 bridgehead atoms. The number of nitrogens with one attached hydrogen (secondary N) is 2. The van der Waals surface area contributed by atoms with Crippen LogP contribution in [0.15, 0.2) is 0 Å². The first-order valence-corrected chi connectivity index (χ1v) is 6.30. The van der Waals surface area contributed by atoms with Gasteiger partial charge in [-0.25, -0.2) is 4.79 Å². The zero-order chi connectivity index (χ0) is 12.2. The van der Waals surface area contributed by atoms with Crippen LogP contribution in [0.2, 0.25) is 0 Å². The maximum absolute atomic E-state index is 11.8. The first-order valence-electron chi connectivity index (χ1n) is 6.30. The van der Waals surface area contributed by atoms with Crippen molar-refractivity contribution in [3.8, 4) is 0 Å². The smallest absolute Gasteiger partial charge is 0.312 e. The number of amides is 2. The van der Waals surface area contributed by atoms with Gasteiger partial charge in [-0.1, -0.05) is 33.6 Å². The normalized spacial score (nSPS) is 19.1. The summed E-state index contributed by atoms with van der Waals surface area (Å²) in [4.78, 5) is 13.7. The number of rotatable bonds is 6. The molecule has 92 valence electrons. The van der Waals surface area contributed by atoms with Gasteiger partial charge in [0.1, 0.15) is 11.4 Å². The van der Waals surface area contributed by atoms with Crippen LogP contribution in [0.5, 0.6) is 0 Å². The minimum absolute atomic E-state index is 0.0891. The second-order valence-corrected chi connectivity index (χ2v) is 4.49. The molecule has 16 heavy (non-hydrogen) atoms. The highest BCUT2D eigenvalue weighted by Gasteiger charge is 2.48. The van der Waals surface area contributed by atoms with E-state index >= 15 is 0 Å². The van der Waals surface area contributed by atoms with Gasteiger partial charge in [-0.15, -0.1) is 0 Å². The number of amidine groups is 1. The van der Waals surface area contributed by atoms with Gasteiger partial charge in [-0.05, 0) is 19.3 Å². The third kappa shape index (κ3) is 2.06. The number of carbonyl (C=O) groups is 1. The van der Waals surface area contributed by atoms with E-state index in [4.69, 9.17) is 5.41 Å². The topological polar surface area (TPSA) is 56.2 Å². The van der Waals surface area contributed by atoms with Gasteiger partial charge in [-0.2, -0.15) is 0 Å². The van der Waals surface area contributed by atoms with Crippen LogP contribution in [0.25, 0.3) is 0 Å². The van der Waals surface area contributed by atoms with E-state index in [1.54, 1.807) is 0 Å². The van der Waals surface area contributed by atoms with Gasteiger partial charge in [0.05, 0.1) is 0 Å². The molecule has 0 atom stereocenters. The molecule has 0 aliphatic carbocycles. The summed E-state index contributed by atoms with van der Waals surface area (Å²) in [6, 6.07) is -0.0891. The Kier molecular flexibility index (Phi) is 4.33. The summed E-state index contributed by atoms with van der Waals surface area (Å²) in [5.74, 6) is 0.398. The summed E-state index contributed by atoms with van der Waals surface area (Å²) < 4.78 is 0. The van der Waals surface area contributed by atoms with Gasteiger partial charge in [0.2, 0.25) is 0 Å². The first kappa shape index (κ1) is 13.0. The molecular weight excluding hydrogens is 202 g/mol. The van der Waals surface area contributed by atoms with E-state index < -0.39 is 0 Å². The van der Waals surface area contributed by atoms with Gasteiger partial charge < -0.3 is 4.90 Å². The SMILES string of the molecule is CCCN1C(=O)NC(=N)C1(CCC)CCC. The zero-order valence-corrected chi connectivity index (χ0v) is 10.6. The zero-order valence-electron chi connectivity index (χ0n) is 10.6. The van der Waals surface area contributed by atoms with Crippen LogP contribution in [0, 0.1) is 5.41 Å². The molecule has 0 unspecified atom stereocenters. The number of hydrogen-bond donors (Lipinski definition) is 2. The minimum atomic E-state index is -0.351. The third-order valence-corrected chi connectivity index (χ3v) is 3.23. The van der Waals surface area contributed by atoms with E-state index in [0.717, 1.165) is 38.6 Å². The van der Waals surface area contributed by atoms with E-state index in [-0.39, 0.29) is 11.6 Å². The Morgan fingerprint density at radius 3 is 2.19 bits per heavy atom. The summed E-state index contributed by atoms with van der Waals surface area (Å²) in [6.45, 7) is 7.03. The molecule has 2 amide bonds. The molecular formula is C12H23N3O. The molecule has 0 spiro atoms. The van der Waals surface area contributed by atoms with Gasteiger partial charge in [-0.3, -0.25) is 10.7 Å². The van der Waals surface area contributed by atoms with Crippen LogP contribution in [0.3, 0.4) is 0 Å². The molecule has 0 aromatic heterocycles. The molecule has 0 aromatic rings. The second-order valence-electron chi connectivity index (χ2n) is 4.49. The summed E-state index contributed by atoms with van der Waals surface area (Å²) >= 11 is 0. The molecule has 4 nitrogen and oxygen atoms in total. The molecule has 4 heteroatoms. The predicted octanol–water partition coefficient (Wildman–Crippen LogP) is 2.74. The quantitative estimate of drug-likeness (QED) is 0.717. The van der Waals surface area contributed by atoms with Crippen molar-refractivity contribution in [2.75, 3.05) is 6.54 Å². The molecule has 1 aliphatic heterocycles. The first-order chi connectivity index (χ1) is 7.62. The minimum Gasteiger partial charge on any atom is -0.312 e. The molecule has 1 saturated heterocycles. The Bertz CT molecular complexity index is 269. The van der Waals surface area contributed by atoms with Crippen molar-refractivity contribution in [3.05, 3.63) is 0 Å². The number of hydrogen-bond acceptors (Lipinski definition) is 2. The van der Waals surface area contributed by atoms with Gasteiger partial charge in [0, 0.05) is 6.54 Å². The summed E-state index contributed by atoms with van der Waals surface area (Å²) in [6.07, 6.45) is 4.71. The van der Waals surface area contributed by atoms with E-state index in [1.807, 2.05) is 4.90 Å². The van der Waals surface area contributed by atoms with Gasteiger partial charge >= 0.3 is 6.03 Å². The van der Waals surface area contributed by atoms with Gasteiger partial charge in [0.25, 0.3) is 0 Å². The average molecular weight is 225 g/mol. The number of carbonyl (C=O) groups excluding carboxylic acids is 1. The van der Waals surface area contributed by atoms with E-state index in [2.05, 4.69) is 26.1 Å². The number of urea groups is 1. The lowest BCUT2D eigenvalue weighted by Gasteiger charge is -2.36. The van der Waals surface area contributed by atoms with Crippen molar-refractivity contribution in [2.45, 2.75) is 58.4 Å². The fourth-order valence-electron chi connectivity index (χ4n) is 2.63. The summed E-state index contributed by atoms with van der Waals surface area (Å²) in [5.41, 5.74) is -0.351. The Labute approximate surface area is 97.9 Å². The molecule has 1 fully saturated rings. The molecule has 1 rings (SSSR count). The van der Waals surface area contributed by atoms with Crippen LogP contribution in [0.4, 0.5) is 4.79 Å². The lowest BCUT2D eigenvalue weighted by Crippen LogP contribution is -2.49. The lowest BCUT2D eigenvalue weighted by molar-refractivity contribution is 0.160. The highest BCUT2D eigenvalue weighted by molar-refractivity contribution is 6.08. The van der Waals surface area contributed by atoms with Crippen LogP contribution in [-0.2, 0) is 0 Å². The van der Waals surface area contributed by atoms with Gasteiger partial charge in [0.15, 0.2) is 0 Å². The monoisotopic (exact) mass is 225 g/mol. The maximum Gasteiger partial charge on any atom is 0.323 e. The standard InChI is InChI=1S/C12H23N3O/c1-4-7-12(8-5-2)10(13)14-11(16)15(12)9-6-3/h4-9H2,1-3H3,(H2,13,14,16). The van der Waals surface area contributed by atoms with Crippen LogP contribution < -0.4 is 5.32 Å². The predicted molar refractivity (Wildman–Crippen MR) is 65.8 cm³/mol. The van der Waals surface area contributed by atoms with Crippen LogP contribution >= 0.6 is 0 Å². The van der Waals surface area contributed by atoms with Crippen molar-refractivity contribution < 1.29 is 4.79 Å². The second kappa shape index (κ2) is 5.32. The highest BCUT2D eigenvalue weighted by Crippen LogP contribution is 2.32. The van der Waals surface area contributed by atoms with Crippen molar-refractivity contribution in [2.24, 2.45) is 0 Å². The van der Waals surface area contributed by atoms with Crippen molar-refractivity contribution in [3.63, 3.8) is 0 Å². The summed E-state index contributed by atoms with van der Waals surface area (Å²) in [7, 11) is 0. The molecule has 1 heterocycles. The molecule has 2 N–H and O–H groups in total. The maximum atomic E-state index is 11.8.